The SMILES string of the molecule is COC(=O)c1ccc(C(C)n2cc([N+](=O)[O-])cn2)o1. The maximum absolute atomic E-state index is 11.3. The van der Waals surface area contributed by atoms with E-state index < -0.39 is 10.9 Å². The number of methoxy groups -OCH3 is 1. The first-order valence-corrected chi connectivity index (χ1v) is 5.39. The highest BCUT2D eigenvalue weighted by Crippen LogP contribution is 2.22. The van der Waals surface area contributed by atoms with Gasteiger partial charge in [0.2, 0.25) is 5.76 Å². The molecule has 2 aromatic heterocycles. The number of ether oxygens (including phenoxy) is 1. The maximum atomic E-state index is 11.3. The van der Waals surface area contributed by atoms with Crippen LogP contribution in [0.4, 0.5) is 5.69 Å². The summed E-state index contributed by atoms with van der Waals surface area (Å²) in [5.41, 5.74) is -0.105. The van der Waals surface area contributed by atoms with Crippen LogP contribution in [0.3, 0.4) is 0 Å². The number of hydrogen-bond acceptors (Lipinski definition) is 6. The molecular weight excluding hydrogens is 254 g/mol. The Morgan fingerprint density at radius 1 is 1.58 bits per heavy atom. The Kier molecular flexibility index (Phi) is 3.32. The standard InChI is InChI=1S/C11H11N3O5/c1-7(13-6-8(5-12-13)14(16)17)9-3-4-10(19-9)11(15)18-2/h3-7H,1-2H3. The van der Waals surface area contributed by atoms with Gasteiger partial charge >= 0.3 is 11.7 Å². The van der Waals surface area contributed by atoms with E-state index in [0.29, 0.717) is 5.76 Å². The van der Waals surface area contributed by atoms with Crippen molar-refractivity contribution >= 4 is 11.7 Å². The Hall–Kier alpha value is -2.64. The van der Waals surface area contributed by atoms with Crippen LogP contribution in [0.2, 0.25) is 0 Å². The number of nitrogens with zero attached hydrogens (tertiary/aromatic N) is 3. The summed E-state index contributed by atoms with van der Waals surface area (Å²) in [5.74, 6) is -0.0469. The van der Waals surface area contributed by atoms with Crippen molar-refractivity contribution in [3.05, 3.63) is 46.2 Å². The predicted octanol–water partition coefficient (Wildman–Crippen LogP) is 1.78. The van der Waals surface area contributed by atoms with E-state index in [1.165, 1.54) is 24.1 Å². The van der Waals surface area contributed by atoms with Crippen LogP contribution >= 0.6 is 0 Å². The first-order valence-electron chi connectivity index (χ1n) is 5.39. The van der Waals surface area contributed by atoms with Gasteiger partial charge in [-0.15, -0.1) is 0 Å². The largest absolute Gasteiger partial charge is 0.463 e. The molecule has 100 valence electrons. The molecule has 8 nitrogen and oxygen atoms in total. The fraction of sp³-hybridized carbons (Fsp3) is 0.273. The molecule has 2 aromatic rings. The zero-order valence-corrected chi connectivity index (χ0v) is 10.3. The smallest absolute Gasteiger partial charge is 0.373 e. The van der Waals surface area contributed by atoms with E-state index in [0.717, 1.165) is 6.20 Å². The summed E-state index contributed by atoms with van der Waals surface area (Å²) in [4.78, 5) is 21.3. The van der Waals surface area contributed by atoms with Crippen molar-refractivity contribution in [2.75, 3.05) is 7.11 Å². The van der Waals surface area contributed by atoms with Gasteiger partial charge in [0, 0.05) is 0 Å². The van der Waals surface area contributed by atoms with Gasteiger partial charge in [0.15, 0.2) is 0 Å². The number of carbonyl (C=O) groups is 1. The van der Waals surface area contributed by atoms with Gasteiger partial charge in [-0.1, -0.05) is 0 Å². The van der Waals surface area contributed by atoms with Gasteiger partial charge in [0.1, 0.15) is 24.2 Å². The number of nitro groups is 1. The second kappa shape index (κ2) is 4.92. The predicted molar refractivity (Wildman–Crippen MR) is 62.7 cm³/mol. The fourth-order valence-corrected chi connectivity index (χ4v) is 1.55. The molecule has 2 heterocycles. The molecule has 0 aliphatic heterocycles. The highest BCUT2D eigenvalue weighted by molar-refractivity contribution is 5.86. The van der Waals surface area contributed by atoms with Crippen molar-refractivity contribution < 1.29 is 18.9 Å². The molecule has 0 spiro atoms. The molecule has 1 atom stereocenters. The van der Waals surface area contributed by atoms with Gasteiger partial charge in [-0.2, -0.15) is 5.10 Å². The third kappa shape index (κ3) is 2.46. The molecule has 0 saturated carbocycles. The van der Waals surface area contributed by atoms with Crippen LogP contribution in [-0.4, -0.2) is 27.8 Å². The summed E-state index contributed by atoms with van der Waals surface area (Å²) < 4.78 is 11.2. The number of aromatic nitrogens is 2. The maximum Gasteiger partial charge on any atom is 0.373 e. The van der Waals surface area contributed by atoms with Gasteiger partial charge in [-0.3, -0.25) is 14.8 Å². The number of rotatable bonds is 4. The third-order valence-electron chi connectivity index (χ3n) is 2.62. The topological polar surface area (TPSA) is 100 Å². The van der Waals surface area contributed by atoms with E-state index in [4.69, 9.17) is 4.42 Å². The Morgan fingerprint density at radius 3 is 2.89 bits per heavy atom. The molecule has 8 heteroatoms. The highest BCUT2D eigenvalue weighted by atomic mass is 16.6. The van der Waals surface area contributed by atoms with Crippen molar-refractivity contribution in [3.8, 4) is 0 Å². The van der Waals surface area contributed by atoms with Crippen LogP contribution in [0, 0.1) is 10.1 Å². The molecule has 0 saturated heterocycles. The van der Waals surface area contributed by atoms with Crippen LogP contribution in [0.15, 0.2) is 28.9 Å². The van der Waals surface area contributed by atoms with Crippen molar-refractivity contribution in [2.45, 2.75) is 13.0 Å². The van der Waals surface area contributed by atoms with Crippen molar-refractivity contribution in [1.29, 1.82) is 0 Å². The van der Waals surface area contributed by atoms with Crippen LogP contribution in [0.25, 0.3) is 0 Å². The van der Waals surface area contributed by atoms with Gasteiger partial charge in [0.05, 0.1) is 12.0 Å². The molecule has 19 heavy (non-hydrogen) atoms. The zero-order valence-electron chi connectivity index (χ0n) is 10.3. The van der Waals surface area contributed by atoms with E-state index in [9.17, 15) is 14.9 Å². The summed E-state index contributed by atoms with van der Waals surface area (Å²) in [6.07, 6.45) is 2.45. The molecule has 0 aliphatic carbocycles. The van der Waals surface area contributed by atoms with Gasteiger partial charge < -0.3 is 9.15 Å². The number of hydrogen-bond donors (Lipinski definition) is 0. The molecular formula is C11H11N3O5. The lowest BCUT2D eigenvalue weighted by Crippen LogP contribution is -2.06. The second-order valence-corrected chi connectivity index (χ2v) is 3.81. The summed E-state index contributed by atoms with van der Waals surface area (Å²) in [5, 5.41) is 14.5. The zero-order chi connectivity index (χ0) is 14.0. The number of furan rings is 1. The van der Waals surface area contributed by atoms with Crippen LogP contribution in [0.1, 0.15) is 29.3 Å². The first kappa shape index (κ1) is 12.8. The van der Waals surface area contributed by atoms with Crippen LogP contribution in [0.5, 0.6) is 0 Å². The van der Waals surface area contributed by atoms with E-state index in [2.05, 4.69) is 9.84 Å². The lowest BCUT2D eigenvalue weighted by molar-refractivity contribution is -0.385. The van der Waals surface area contributed by atoms with Gasteiger partial charge in [-0.25, -0.2) is 4.79 Å². The fourth-order valence-electron chi connectivity index (χ4n) is 1.55. The highest BCUT2D eigenvalue weighted by Gasteiger charge is 2.19. The average Bonchev–Trinajstić information content (AvgIpc) is 3.05. The molecule has 0 amide bonds. The van der Waals surface area contributed by atoms with Crippen LogP contribution < -0.4 is 0 Å². The molecule has 0 aromatic carbocycles. The molecule has 2 rings (SSSR count). The number of esters is 1. The van der Waals surface area contributed by atoms with Crippen molar-refractivity contribution in [3.63, 3.8) is 0 Å². The van der Waals surface area contributed by atoms with Crippen LogP contribution in [-0.2, 0) is 4.74 Å². The Bertz CT molecular complexity index is 615. The Labute approximate surface area is 107 Å². The van der Waals surface area contributed by atoms with Gasteiger partial charge in [-0.05, 0) is 19.1 Å². The summed E-state index contributed by atoms with van der Waals surface area (Å²) in [6.45, 7) is 1.75. The van der Waals surface area contributed by atoms with E-state index in [-0.39, 0.29) is 17.5 Å². The minimum Gasteiger partial charge on any atom is -0.463 e. The quantitative estimate of drug-likeness (QED) is 0.474. The third-order valence-corrected chi connectivity index (χ3v) is 2.62. The monoisotopic (exact) mass is 265 g/mol. The van der Waals surface area contributed by atoms with Gasteiger partial charge in [0.25, 0.3) is 0 Å². The Balaban J connectivity index is 2.23. The lowest BCUT2D eigenvalue weighted by atomic mass is 10.2. The molecule has 0 aliphatic rings. The molecule has 0 N–H and O–H groups in total. The number of carbonyl (C=O) groups excluding carboxylic acids is 1. The molecule has 0 radical (unpaired) electrons. The first-order chi connectivity index (χ1) is 9.02. The summed E-state index contributed by atoms with van der Waals surface area (Å²) in [6, 6.07) is 2.71. The minimum atomic E-state index is -0.579. The molecule has 0 bridgehead atoms. The summed E-state index contributed by atoms with van der Waals surface area (Å²) in [7, 11) is 1.25. The normalized spacial score (nSPS) is 12.1. The average molecular weight is 265 g/mol. The van der Waals surface area contributed by atoms with Crippen molar-refractivity contribution in [2.24, 2.45) is 0 Å². The minimum absolute atomic E-state index is 0.0750. The second-order valence-electron chi connectivity index (χ2n) is 3.81. The van der Waals surface area contributed by atoms with Crippen molar-refractivity contribution in [1.82, 2.24) is 9.78 Å². The summed E-state index contributed by atoms with van der Waals surface area (Å²) >= 11 is 0. The molecule has 0 fully saturated rings. The van der Waals surface area contributed by atoms with E-state index >= 15 is 0 Å². The molecule has 1 unspecified atom stereocenters. The lowest BCUT2D eigenvalue weighted by Gasteiger charge is -2.07. The van der Waals surface area contributed by atoms with E-state index in [1.807, 2.05) is 0 Å². The Morgan fingerprint density at radius 2 is 2.32 bits per heavy atom. The van der Waals surface area contributed by atoms with E-state index in [1.54, 1.807) is 13.0 Å².